The van der Waals surface area contributed by atoms with Crippen molar-refractivity contribution in [1.29, 1.82) is 0 Å². The molecule has 0 spiro atoms. The first-order chi connectivity index (χ1) is 14.5. The van der Waals surface area contributed by atoms with E-state index in [1.807, 2.05) is 19.1 Å². The molecule has 0 fully saturated rings. The number of carbonyl (C=O) groups excluding carboxylic acids is 1. The summed E-state index contributed by atoms with van der Waals surface area (Å²) < 4.78 is 5.44. The molecule has 2 aromatic heterocycles. The van der Waals surface area contributed by atoms with Gasteiger partial charge in [0, 0.05) is 11.4 Å². The van der Waals surface area contributed by atoms with Gasteiger partial charge in [0.25, 0.3) is 11.5 Å². The Balaban J connectivity index is 1.54. The lowest BCUT2D eigenvalue weighted by Gasteiger charge is -2.09. The van der Waals surface area contributed by atoms with Crippen molar-refractivity contribution >= 4 is 50.2 Å². The number of aromatic nitrogens is 2. The summed E-state index contributed by atoms with van der Waals surface area (Å²) in [6.07, 6.45) is 5.98. The van der Waals surface area contributed by atoms with Gasteiger partial charge in [0.2, 0.25) is 0 Å². The van der Waals surface area contributed by atoms with E-state index in [9.17, 15) is 9.59 Å². The zero-order valence-corrected chi connectivity index (χ0v) is 18.2. The van der Waals surface area contributed by atoms with Crippen LogP contribution in [-0.2, 0) is 17.6 Å². The third-order valence-electron chi connectivity index (χ3n) is 4.97. The van der Waals surface area contributed by atoms with Gasteiger partial charge in [0.05, 0.1) is 10.4 Å². The molecule has 1 aliphatic carbocycles. The molecule has 2 N–H and O–H groups in total. The summed E-state index contributed by atoms with van der Waals surface area (Å²) in [5.41, 5.74) is 1.86. The highest BCUT2D eigenvalue weighted by Gasteiger charge is 2.20. The summed E-state index contributed by atoms with van der Waals surface area (Å²) in [4.78, 5) is 33.6. The van der Waals surface area contributed by atoms with Crippen molar-refractivity contribution in [3.05, 3.63) is 56.4 Å². The number of carbonyl (C=O) groups is 1. The van der Waals surface area contributed by atoms with Crippen LogP contribution in [0.25, 0.3) is 21.3 Å². The summed E-state index contributed by atoms with van der Waals surface area (Å²) >= 11 is 8.06. The van der Waals surface area contributed by atoms with Crippen LogP contribution in [0.4, 0.5) is 0 Å². The number of aromatic amines is 1. The van der Waals surface area contributed by atoms with E-state index < -0.39 is 0 Å². The highest BCUT2D eigenvalue weighted by atomic mass is 35.5. The number of benzene rings is 1. The Labute approximate surface area is 182 Å². The van der Waals surface area contributed by atoms with Crippen molar-refractivity contribution in [2.24, 2.45) is 0 Å². The number of hydrogen-bond acceptors (Lipinski definition) is 5. The molecular weight excluding hydrogens is 422 g/mol. The summed E-state index contributed by atoms with van der Waals surface area (Å²) in [5, 5.41) is 3.76. The predicted molar refractivity (Wildman–Crippen MR) is 121 cm³/mol. The summed E-state index contributed by atoms with van der Waals surface area (Å²) in [6.45, 7) is 2.40. The first kappa shape index (κ1) is 20.6. The second kappa shape index (κ2) is 9.02. The van der Waals surface area contributed by atoms with Gasteiger partial charge in [-0.25, -0.2) is 4.98 Å². The van der Waals surface area contributed by atoms with Crippen LogP contribution in [0.1, 0.15) is 41.6 Å². The Morgan fingerprint density at radius 2 is 2.07 bits per heavy atom. The molecule has 1 amide bonds. The maximum absolute atomic E-state index is 12.7. The van der Waals surface area contributed by atoms with E-state index in [1.54, 1.807) is 29.5 Å². The van der Waals surface area contributed by atoms with Gasteiger partial charge in [0.1, 0.15) is 10.6 Å². The maximum atomic E-state index is 12.7. The second-order valence-electron chi connectivity index (χ2n) is 7.11. The fraction of sp³-hybridized carbons (Fsp3) is 0.318. The highest BCUT2D eigenvalue weighted by molar-refractivity contribution is 7.18. The fourth-order valence-corrected chi connectivity index (χ4v) is 5.03. The molecular formula is C22H22ClN3O3S. The SMILES string of the molecule is CCNC(=O)COc1ccc(/C=C(\Cl)c2nc3sc4c(c3c(=O)[nH]2)CCCC4)cc1. The van der Waals surface area contributed by atoms with Crippen LogP contribution >= 0.6 is 22.9 Å². The van der Waals surface area contributed by atoms with Gasteiger partial charge in [-0.05, 0) is 61.9 Å². The number of aryl methyl sites for hydroxylation is 2. The molecule has 156 valence electrons. The van der Waals surface area contributed by atoms with Gasteiger partial charge in [-0.1, -0.05) is 23.7 Å². The Kier molecular flexibility index (Phi) is 6.20. The number of ether oxygens (including phenoxy) is 1. The number of thiophene rings is 1. The Hall–Kier alpha value is -2.64. The lowest BCUT2D eigenvalue weighted by molar-refractivity contribution is -0.122. The van der Waals surface area contributed by atoms with Crippen molar-refractivity contribution in [2.75, 3.05) is 13.2 Å². The molecule has 0 aliphatic heterocycles. The van der Waals surface area contributed by atoms with Crippen LogP contribution in [0.5, 0.6) is 5.75 Å². The molecule has 30 heavy (non-hydrogen) atoms. The molecule has 8 heteroatoms. The fourth-order valence-electron chi connectivity index (χ4n) is 3.55. The van der Waals surface area contributed by atoms with E-state index >= 15 is 0 Å². The molecule has 0 saturated heterocycles. The van der Waals surface area contributed by atoms with Gasteiger partial charge in [-0.2, -0.15) is 0 Å². The quantitative estimate of drug-likeness (QED) is 0.600. The number of rotatable bonds is 6. The first-order valence-electron chi connectivity index (χ1n) is 9.97. The molecule has 6 nitrogen and oxygen atoms in total. The predicted octanol–water partition coefficient (Wildman–Crippen LogP) is 4.12. The van der Waals surface area contributed by atoms with Gasteiger partial charge in [-0.3, -0.25) is 9.59 Å². The Morgan fingerprint density at radius 1 is 1.30 bits per heavy atom. The molecule has 4 rings (SSSR count). The first-order valence-corrected chi connectivity index (χ1v) is 11.2. The molecule has 3 aromatic rings. The maximum Gasteiger partial charge on any atom is 0.260 e. The van der Waals surface area contributed by atoms with Crippen molar-refractivity contribution in [3.63, 3.8) is 0 Å². The molecule has 0 bridgehead atoms. The smallest absolute Gasteiger partial charge is 0.260 e. The molecule has 1 aliphatic rings. The lowest BCUT2D eigenvalue weighted by Crippen LogP contribution is -2.28. The van der Waals surface area contributed by atoms with E-state index in [2.05, 4.69) is 15.3 Å². The summed E-state index contributed by atoms with van der Waals surface area (Å²) in [7, 11) is 0. The summed E-state index contributed by atoms with van der Waals surface area (Å²) in [6, 6.07) is 7.19. The number of H-pyrrole nitrogens is 1. The minimum absolute atomic E-state index is 0.0280. The molecule has 2 heterocycles. The molecule has 0 atom stereocenters. The van der Waals surface area contributed by atoms with E-state index in [1.165, 1.54) is 4.88 Å². The third kappa shape index (κ3) is 4.42. The van der Waals surface area contributed by atoms with Crippen molar-refractivity contribution < 1.29 is 9.53 Å². The largest absolute Gasteiger partial charge is 0.484 e. The molecule has 0 unspecified atom stereocenters. The zero-order valence-electron chi connectivity index (χ0n) is 16.6. The van der Waals surface area contributed by atoms with Crippen LogP contribution in [0, 0.1) is 0 Å². The minimum Gasteiger partial charge on any atom is -0.484 e. The van der Waals surface area contributed by atoms with Gasteiger partial charge in [0.15, 0.2) is 12.4 Å². The third-order valence-corrected chi connectivity index (χ3v) is 6.44. The van der Waals surface area contributed by atoms with Crippen LogP contribution in [-0.4, -0.2) is 29.0 Å². The van der Waals surface area contributed by atoms with E-state index in [0.29, 0.717) is 23.2 Å². The second-order valence-corrected chi connectivity index (χ2v) is 8.60. The van der Waals surface area contributed by atoms with Crippen LogP contribution in [0.15, 0.2) is 29.1 Å². The molecule has 0 radical (unpaired) electrons. The molecule has 0 saturated carbocycles. The number of nitrogens with zero attached hydrogens (tertiary/aromatic N) is 1. The average molecular weight is 444 g/mol. The van der Waals surface area contributed by atoms with E-state index in [4.69, 9.17) is 16.3 Å². The van der Waals surface area contributed by atoms with Crippen molar-refractivity contribution in [2.45, 2.75) is 32.6 Å². The topological polar surface area (TPSA) is 84.1 Å². The highest BCUT2D eigenvalue weighted by Crippen LogP contribution is 2.34. The standard InChI is InChI=1S/C22H22ClN3O3S/c1-2-24-18(27)12-29-14-9-7-13(8-10-14)11-16(23)20-25-21(28)19-15-5-3-4-6-17(15)30-22(19)26-20/h7-11H,2-6,12H2,1H3,(H,24,27)(H,25,26,28)/b16-11-. The number of likely N-dealkylation sites (N-methyl/N-ethyl adjacent to an activating group) is 1. The number of nitrogens with one attached hydrogen (secondary N) is 2. The number of halogens is 1. The number of amides is 1. The average Bonchev–Trinajstić information content (AvgIpc) is 3.12. The van der Waals surface area contributed by atoms with E-state index in [0.717, 1.165) is 47.0 Å². The summed E-state index contributed by atoms with van der Waals surface area (Å²) in [5.74, 6) is 0.793. The van der Waals surface area contributed by atoms with Gasteiger partial charge < -0.3 is 15.0 Å². The van der Waals surface area contributed by atoms with Crippen molar-refractivity contribution in [1.82, 2.24) is 15.3 Å². The van der Waals surface area contributed by atoms with E-state index in [-0.39, 0.29) is 18.1 Å². The molecule has 1 aromatic carbocycles. The number of fused-ring (bicyclic) bond motifs is 3. The monoisotopic (exact) mass is 443 g/mol. The van der Waals surface area contributed by atoms with Crippen LogP contribution in [0.3, 0.4) is 0 Å². The Bertz CT molecular complexity index is 1160. The van der Waals surface area contributed by atoms with Crippen LogP contribution in [0.2, 0.25) is 0 Å². The minimum atomic E-state index is -0.162. The number of hydrogen-bond donors (Lipinski definition) is 2. The zero-order chi connectivity index (χ0) is 21.1. The lowest BCUT2D eigenvalue weighted by atomic mass is 9.97. The normalized spacial score (nSPS) is 13.9. The van der Waals surface area contributed by atoms with Gasteiger partial charge in [-0.15, -0.1) is 11.3 Å². The van der Waals surface area contributed by atoms with Crippen molar-refractivity contribution in [3.8, 4) is 5.75 Å². The Morgan fingerprint density at radius 3 is 2.83 bits per heavy atom. The van der Waals surface area contributed by atoms with Gasteiger partial charge >= 0.3 is 0 Å². The van der Waals surface area contributed by atoms with Crippen LogP contribution < -0.4 is 15.6 Å².